The molecule has 4 rings (SSSR count). The first-order valence-corrected chi connectivity index (χ1v) is 9.24. The van der Waals surface area contributed by atoms with Crippen molar-refractivity contribution >= 4 is 51.1 Å². The first-order chi connectivity index (χ1) is 14.1. The van der Waals surface area contributed by atoms with Crippen LogP contribution in [-0.2, 0) is 4.79 Å². The largest absolute Gasteiger partial charge is 0.495 e. The molecule has 0 bridgehead atoms. The number of benzene rings is 3. The third-order valence-corrected chi connectivity index (χ3v) is 4.85. The minimum Gasteiger partial charge on any atom is -0.495 e. The lowest BCUT2D eigenvalue weighted by molar-refractivity contribution is -0.112. The van der Waals surface area contributed by atoms with Crippen molar-refractivity contribution in [2.75, 3.05) is 12.4 Å². The van der Waals surface area contributed by atoms with Crippen LogP contribution >= 0.6 is 11.6 Å². The number of aromatic amines is 1. The van der Waals surface area contributed by atoms with Crippen LogP contribution < -0.4 is 10.1 Å². The lowest BCUT2D eigenvalue weighted by Crippen LogP contribution is -2.14. The number of para-hydroxylation sites is 1. The second kappa shape index (κ2) is 7.70. The molecule has 3 aromatic carbocycles. The van der Waals surface area contributed by atoms with E-state index in [1.165, 1.54) is 7.11 Å². The Morgan fingerprint density at radius 3 is 2.69 bits per heavy atom. The predicted molar refractivity (Wildman–Crippen MR) is 116 cm³/mol. The van der Waals surface area contributed by atoms with E-state index >= 15 is 0 Å². The third-order valence-electron chi connectivity index (χ3n) is 4.62. The SMILES string of the molecule is COc1ccc(Cl)cc1NC(=O)/C(C#N)=C/c1ccc2[nH]c3ccccc3c2c1. The van der Waals surface area contributed by atoms with Gasteiger partial charge in [-0.05, 0) is 48.0 Å². The molecule has 4 aromatic rings. The molecule has 0 radical (unpaired) electrons. The Morgan fingerprint density at radius 1 is 1.10 bits per heavy atom. The fourth-order valence-electron chi connectivity index (χ4n) is 3.24. The minimum absolute atomic E-state index is 0.0220. The fraction of sp³-hybridized carbons (Fsp3) is 0.0435. The quantitative estimate of drug-likeness (QED) is 0.348. The van der Waals surface area contributed by atoms with E-state index in [9.17, 15) is 10.1 Å². The predicted octanol–water partition coefficient (Wildman–Crippen LogP) is 5.53. The van der Waals surface area contributed by atoms with E-state index in [1.807, 2.05) is 48.5 Å². The molecule has 5 nitrogen and oxygen atoms in total. The molecule has 0 saturated heterocycles. The Morgan fingerprint density at radius 2 is 1.90 bits per heavy atom. The number of hydrogen-bond donors (Lipinski definition) is 2. The number of ether oxygens (including phenoxy) is 1. The van der Waals surface area contributed by atoms with E-state index in [-0.39, 0.29) is 5.57 Å². The molecule has 0 fully saturated rings. The molecule has 1 heterocycles. The van der Waals surface area contributed by atoms with Crippen molar-refractivity contribution in [3.63, 3.8) is 0 Å². The van der Waals surface area contributed by atoms with Crippen molar-refractivity contribution in [1.82, 2.24) is 4.98 Å². The summed E-state index contributed by atoms with van der Waals surface area (Å²) in [4.78, 5) is 16.0. The average Bonchev–Trinajstić information content (AvgIpc) is 3.10. The second-order valence-electron chi connectivity index (χ2n) is 6.44. The highest BCUT2D eigenvalue weighted by Gasteiger charge is 2.13. The summed E-state index contributed by atoms with van der Waals surface area (Å²) >= 11 is 6.00. The van der Waals surface area contributed by atoms with Crippen LogP contribution in [0.15, 0.2) is 66.2 Å². The number of nitriles is 1. The van der Waals surface area contributed by atoms with Crippen LogP contribution in [-0.4, -0.2) is 18.0 Å². The van der Waals surface area contributed by atoms with E-state index < -0.39 is 5.91 Å². The number of hydrogen-bond acceptors (Lipinski definition) is 3. The maximum Gasteiger partial charge on any atom is 0.266 e. The topological polar surface area (TPSA) is 77.9 Å². The summed E-state index contributed by atoms with van der Waals surface area (Å²) in [6.07, 6.45) is 1.56. The highest BCUT2D eigenvalue weighted by Crippen LogP contribution is 2.29. The van der Waals surface area contributed by atoms with Gasteiger partial charge < -0.3 is 15.0 Å². The Balaban J connectivity index is 1.68. The zero-order chi connectivity index (χ0) is 20.4. The first kappa shape index (κ1) is 18.6. The number of amides is 1. The van der Waals surface area contributed by atoms with Crippen LogP contribution in [0.3, 0.4) is 0 Å². The maximum atomic E-state index is 12.6. The minimum atomic E-state index is -0.535. The van der Waals surface area contributed by atoms with Crippen LogP contribution in [0, 0.1) is 11.3 Å². The number of anilines is 1. The van der Waals surface area contributed by atoms with Gasteiger partial charge in [-0.2, -0.15) is 5.26 Å². The van der Waals surface area contributed by atoms with Gasteiger partial charge in [0.1, 0.15) is 17.4 Å². The lowest BCUT2D eigenvalue weighted by atomic mass is 10.1. The van der Waals surface area contributed by atoms with Gasteiger partial charge in [-0.3, -0.25) is 4.79 Å². The van der Waals surface area contributed by atoms with Gasteiger partial charge in [-0.15, -0.1) is 0 Å². The molecule has 0 saturated carbocycles. The first-order valence-electron chi connectivity index (χ1n) is 8.86. The van der Waals surface area contributed by atoms with Crippen LogP contribution in [0.25, 0.3) is 27.9 Å². The van der Waals surface area contributed by atoms with Gasteiger partial charge >= 0.3 is 0 Å². The van der Waals surface area contributed by atoms with Gasteiger partial charge in [0, 0.05) is 26.8 Å². The number of H-pyrrole nitrogens is 1. The average molecular weight is 402 g/mol. The summed E-state index contributed by atoms with van der Waals surface area (Å²) in [5.74, 6) is -0.0765. The van der Waals surface area contributed by atoms with Crippen LogP contribution in [0.2, 0.25) is 5.02 Å². The van der Waals surface area contributed by atoms with E-state index in [2.05, 4.69) is 10.3 Å². The third kappa shape index (κ3) is 3.66. The Bertz CT molecular complexity index is 1310. The Kier molecular flexibility index (Phi) is 4.94. The smallest absolute Gasteiger partial charge is 0.266 e. The molecule has 2 N–H and O–H groups in total. The number of aromatic nitrogens is 1. The van der Waals surface area contributed by atoms with E-state index in [0.29, 0.717) is 16.5 Å². The van der Waals surface area contributed by atoms with Crippen molar-refractivity contribution in [2.24, 2.45) is 0 Å². The Hall–Kier alpha value is -3.75. The number of carbonyl (C=O) groups is 1. The molecule has 1 aromatic heterocycles. The summed E-state index contributed by atoms with van der Waals surface area (Å²) in [6, 6.07) is 20.6. The van der Waals surface area contributed by atoms with Gasteiger partial charge in [0.2, 0.25) is 0 Å². The summed E-state index contributed by atoms with van der Waals surface area (Å²) in [5.41, 5.74) is 3.17. The van der Waals surface area contributed by atoms with Gasteiger partial charge in [0.25, 0.3) is 5.91 Å². The molecular formula is C23H16ClN3O2. The summed E-state index contributed by atoms with van der Waals surface area (Å²) in [5, 5.41) is 14.8. The molecule has 0 aliphatic carbocycles. The molecule has 0 aliphatic rings. The van der Waals surface area contributed by atoms with Crippen molar-refractivity contribution in [3.05, 3.63) is 76.8 Å². The molecule has 0 atom stereocenters. The molecule has 0 aliphatic heterocycles. The van der Waals surface area contributed by atoms with E-state index in [1.54, 1.807) is 24.3 Å². The zero-order valence-corrected chi connectivity index (χ0v) is 16.2. The highest BCUT2D eigenvalue weighted by atomic mass is 35.5. The Labute approximate surface area is 172 Å². The fourth-order valence-corrected chi connectivity index (χ4v) is 3.41. The van der Waals surface area contributed by atoms with Crippen molar-refractivity contribution in [1.29, 1.82) is 5.26 Å². The summed E-state index contributed by atoms with van der Waals surface area (Å²) in [7, 11) is 1.50. The lowest BCUT2D eigenvalue weighted by Gasteiger charge is -2.10. The molecule has 1 amide bonds. The van der Waals surface area contributed by atoms with Gasteiger partial charge in [0.15, 0.2) is 0 Å². The summed E-state index contributed by atoms with van der Waals surface area (Å²) in [6.45, 7) is 0. The molecule has 0 unspecified atom stereocenters. The van der Waals surface area contributed by atoms with E-state index in [4.69, 9.17) is 16.3 Å². The summed E-state index contributed by atoms with van der Waals surface area (Å²) < 4.78 is 5.23. The number of nitrogens with zero attached hydrogens (tertiary/aromatic N) is 1. The number of rotatable bonds is 4. The van der Waals surface area contributed by atoms with Gasteiger partial charge in [0.05, 0.1) is 12.8 Å². The van der Waals surface area contributed by atoms with E-state index in [0.717, 1.165) is 27.4 Å². The number of carbonyl (C=O) groups excluding carboxylic acids is 1. The number of methoxy groups -OCH3 is 1. The van der Waals surface area contributed by atoms with Crippen LogP contribution in [0.4, 0.5) is 5.69 Å². The highest BCUT2D eigenvalue weighted by molar-refractivity contribution is 6.31. The molecule has 6 heteroatoms. The standard InChI is InChI=1S/C23H16ClN3O2/c1-29-22-9-7-16(24)12-21(22)27-23(28)15(13-25)10-14-6-8-20-18(11-14)17-4-2-3-5-19(17)26-20/h2-12,26H,1H3,(H,27,28)/b15-10+. The second-order valence-corrected chi connectivity index (χ2v) is 6.88. The maximum absolute atomic E-state index is 12.6. The number of halogens is 1. The zero-order valence-electron chi connectivity index (χ0n) is 15.5. The molecular weight excluding hydrogens is 386 g/mol. The van der Waals surface area contributed by atoms with Gasteiger partial charge in [-0.25, -0.2) is 0 Å². The molecule has 142 valence electrons. The number of fused-ring (bicyclic) bond motifs is 3. The van der Waals surface area contributed by atoms with Crippen molar-refractivity contribution in [2.45, 2.75) is 0 Å². The molecule has 29 heavy (non-hydrogen) atoms. The van der Waals surface area contributed by atoms with Crippen LogP contribution in [0.1, 0.15) is 5.56 Å². The normalized spacial score (nSPS) is 11.4. The monoisotopic (exact) mass is 401 g/mol. The molecule has 0 spiro atoms. The van der Waals surface area contributed by atoms with Gasteiger partial charge in [-0.1, -0.05) is 35.9 Å². The van der Waals surface area contributed by atoms with Crippen molar-refractivity contribution in [3.8, 4) is 11.8 Å². The van der Waals surface area contributed by atoms with Crippen LogP contribution in [0.5, 0.6) is 5.75 Å². The number of nitrogens with one attached hydrogen (secondary N) is 2. The van der Waals surface area contributed by atoms with Crippen molar-refractivity contribution < 1.29 is 9.53 Å².